The summed E-state index contributed by atoms with van der Waals surface area (Å²) in [7, 11) is 0. The average molecular weight is 401 g/mol. The van der Waals surface area contributed by atoms with Gasteiger partial charge in [-0.15, -0.1) is 0 Å². The van der Waals surface area contributed by atoms with Crippen LogP contribution in [0.1, 0.15) is 58.8 Å². The van der Waals surface area contributed by atoms with Crippen molar-refractivity contribution in [3.05, 3.63) is 24.0 Å². The lowest BCUT2D eigenvalue weighted by molar-refractivity contribution is -0.137. The summed E-state index contributed by atoms with van der Waals surface area (Å²) in [6, 6.07) is 0. The molecule has 2 N–H and O–H groups in total. The van der Waals surface area contributed by atoms with Crippen LogP contribution >= 0.6 is 0 Å². The van der Waals surface area contributed by atoms with Crippen molar-refractivity contribution in [1.29, 1.82) is 0 Å². The lowest BCUT2D eigenvalue weighted by atomic mass is 9.46. The molecule has 5 heteroatoms. The van der Waals surface area contributed by atoms with E-state index < -0.39 is 11.8 Å². The van der Waals surface area contributed by atoms with Gasteiger partial charge >= 0.3 is 6.16 Å². The highest BCUT2D eigenvalue weighted by Gasteiger charge is 2.76. The number of ketones is 1. The standard InChI is InChI=1S/C24H32O5/c1-3-23-7-6-17-16-5-4-15(25)11-14(16)10-13(2)20(17)21(23)18-12-19(18)24(23,28)8-9-29-22(26)27/h8-9,11,13,16-21,28H,3-7,10,12H2,1-2H3,(H,26,27)/b9-8-/t13-,16-,17+,18-,19+,20+,21-,23-,24-/m0/s1. The predicted octanol–water partition coefficient (Wildman–Crippen LogP) is 4.56. The van der Waals surface area contributed by atoms with E-state index >= 15 is 0 Å². The highest BCUT2D eigenvalue weighted by atomic mass is 16.7. The van der Waals surface area contributed by atoms with Gasteiger partial charge in [0.2, 0.25) is 0 Å². The first kappa shape index (κ1) is 19.3. The molecule has 158 valence electrons. The molecule has 0 aromatic rings. The van der Waals surface area contributed by atoms with Crippen LogP contribution in [0.3, 0.4) is 0 Å². The monoisotopic (exact) mass is 400 g/mol. The number of hydrogen-bond acceptors (Lipinski definition) is 4. The fourth-order valence-corrected chi connectivity index (χ4v) is 8.57. The lowest BCUT2D eigenvalue weighted by Crippen LogP contribution is -2.57. The molecule has 0 aliphatic heterocycles. The highest BCUT2D eigenvalue weighted by molar-refractivity contribution is 5.91. The zero-order valence-corrected chi connectivity index (χ0v) is 17.3. The highest BCUT2D eigenvalue weighted by Crippen LogP contribution is 2.77. The number of carbonyl (C=O) groups excluding carboxylic acids is 1. The molecule has 0 amide bonds. The predicted molar refractivity (Wildman–Crippen MR) is 107 cm³/mol. The first-order chi connectivity index (χ1) is 13.8. The Hall–Kier alpha value is -1.62. The van der Waals surface area contributed by atoms with Crippen LogP contribution in [-0.4, -0.2) is 27.8 Å². The van der Waals surface area contributed by atoms with Gasteiger partial charge in [-0.2, -0.15) is 0 Å². The molecule has 0 saturated heterocycles. The fourth-order valence-electron chi connectivity index (χ4n) is 8.57. The molecule has 29 heavy (non-hydrogen) atoms. The maximum absolute atomic E-state index is 12.0. The molecule has 9 atom stereocenters. The van der Waals surface area contributed by atoms with Crippen molar-refractivity contribution in [1.82, 2.24) is 0 Å². The quantitative estimate of drug-likeness (QED) is 0.536. The maximum Gasteiger partial charge on any atom is 0.510 e. The molecule has 0 heterocycles. The fraction of sp³-hybridized carbons (Fsp3) is 0.750. The van der Waals surface area contributed by atoms with Gasteiger partial charge in [0.25, 0.3) is 0 Å². The Morgan fingerprint density at radius 2 is 2.14 bits per heavy atom. The normalized spacial score (nSPS) is 50.2. The number of allylic oxidation sites excluding steroid dienone is 1. The van der Waals surface area contributed by atoms with Crippen LogP contribution in [0.25, 0.3) is 0 Å². The van der Waals surface area contributed by atoms with Gasteiger partial charge in [0.05, 0.1) is 11.9 Å². The summed E-state index contributed by atoms with van der Waals surface area (Å²) in [5.74, 6) is 3.78. The zero-order chi connectivity index (χ0) is 20.6. The molecule has 0 unspecified atom stereocenters. The Bertz CT molecular complexity index is 799. The number of ether oxygens (including phenoxy) is 1. The van der Waals surface area contributed by atoms with E-state index in [4.69, 9.17) is 5.11 Å². The van der Waals surface area contributed by atoms with Crippen LogP contribution in [0.2, 0.25) is 0 Å². The second kappa shape index (κ2) is 6.44. The minimum atomic E-state index is -1.34. The van der Waals surface area contributed by atoms with Gasteiger partial charge in [-0.1, -0.05) is 19.4 Å². The van der Waals surface area contributed by atoms with Crippen molar-refractivity contribution in [2.45, 2.75) is 64.4 Å². The molecule has 0 spiro atoms. The molecular formula is C24H32O5. The Morgan fingerprint density at radius 1 is 1.34 bits per heavy atom. The molecule has 5 nitrogen and oxygen atoms in total. The molecule has 0 radical (unpaired) electrons. The van der Waals surface area contributed by atoms with Gasteiger partial charge < -0.3 is 14.9 Å². The number of fused-ring (bicyclic) bond motifs is 7. The Labute approximate surface area is 172 Å². The maximum atomic E-state index is 12.0. The number of aliphatic hydroxyl groups is 1. The van der Waals surface area contributed by atoms with E-state index in [0.29, 0.717) is 47.7 Å². The van der Waals surface area contributed by atoms with Crippen molar-refractivity contribution >= 4 is 11.9 Å². The molecule has 4 saturated carbocycles. The third-order valence-electron chi connectivity index (χ3n) is 9.51. The minimum absolute atomic E-state index is 0.194. The summed E-state index contributed by atoms with van der Waals surface area (Å²) in [6.07, 6.45) is 10.1. The van der Waals surface area contributed by atoms with E-state index in [-0.39, 0.29) is 11.3 Å². The summed E-state index contributed by atoms with van der Waals surface area (Å²) in [5, 5.41) is 20.7. The van der Waals surface area contributed by atoms with E-state index in [1.807, 2.05) is 6.08 Å². The van der Waals surface area contributed by atoms with Crippen molar-refractivity contribution in [2.75, 3.05) is 0 Å². The van der Waals surface area contributed by atoms with Crippen molar-refractivity contribution < 1.29 is 24.5 Å². The number of rotatable bonds is 3. The summed E-state index contributed by atoms with van der Waals surface area (Å²) in [6.45, 7) is 4.53. The smallest absolute Gasteiger partial charge is 0.449 e. The van der Waals surface area contributed by atoms with Gasteiger partial charge in [-0.05, 0) is 92.1 Å². The van der Waals surface area contributed by atoms with Crippen LogP contribution in [0.4, 0.5) is 4.79 Å². The molecule has 5 aliphatic rings. The van der Waals surface area contributed by atoms with Crippen LogP contribution in [0, 0.1) is 46.8 Å². The first-order valence-electron chi connectivity index (χ1n) is 11.4. The van der Waals surface area contributed by atoms with Crippen LogP contribution in [0.5, 0.6) is 0 Å². The SMILES string of the molecule is CC[C@]12CC[C@H]3[C@H]([C@@H]1[C@H]1C[C@H]1[C@@]2(O)/C=C\OC(=O)O)[C@@H](C)CC1=CC(=O)CC[C@@H]13. The second-order valence-electron chi connectivity index (χ2n) is 10.3. The summed E-state index contributed by atoms with van der Waals surface area (Å²) in [4.78, 5) is 22.8. The minimum Gasteiger partial charge on any atom is -0.449 e. The Kier molecular flexibility index (Phi) is 4.29. The van der Waals surface area contributed by atoms with Gasteiger partial charge in [0.15, 0.2) is 5.78 Å². The largest absolute Gasteiger partial charge is 0.510 e. The van der Waals surface area contributed by atoms with Gasteiger partial charge in [0, 0.05) is 11.8 Å². The van der Waals surface area contributed by atoms with E-state index in [1.165, 1.54) is 11.8 Å². The third kappa shape index (κ3) is 2.55. The van der Waals surface area contributed by atoms with Crippen molar-refractivity contribution in [3.63, 3.8) is 0 Å². The van der Waals surface area contributed by atoms with E-state index in [0.717, 1.165) is 38.5 Å². The average Bonchev–Trinajstić information content (AvgIpc) is 3.43. The Morgan fingerprint density at radius 3 is 2.86 bits per heavy atom. The van der Waals surface area contributed by atoms with Crippen molar-refractivity contribution in [2.24, 2.45) is 46.8 Å². The number of hydrogen-bond donors (Lipinski definition) is 2. The van der Waals surface area contributed by atoms with E-state index in [1.54, 1.807) is 6.08 Å². The first-order valence-corrected chi connectivity index (χ1v) is 11.4. The topological polar surface area (TPSA) is 83.8 Å². The summed E-state index contributed by atoms with van der Waals surface area (Å²) >= 11 is 0. The number of carbonyl (C=O) groups is 2. The molecule has 5 aliphatic carbocycles. The van der Waals surface area contributed by atoms with Gasteiger partial charge in [-0.3, -0.25) is 4.79 Å². The van der Waals surface area contributed by atoms with Crippen LogP contribution in [0.15, 0.2) is 24.0 Å². The molecule has 4 fully saturated rings. The van der Waals surface area contributed by atoms with E-state index in [9.17, 15) is 14.7 Å². The second-order valence-corrected chi connectivity index (χ2v) is 10.3. The molecule has 0 aromatic heterocycles. The Balaban J connectivity index is 1.51. The molecule has 0 aromatic carbocycles. The summed E-state index contributed by atoms with van der Waals surface area (Å²) < 4.78 is 4.65. The number of carboxylic acid groups (broad SMARTS) is 1. The van der Waals surface area contributed by atoms with Crippen molar-refractivity contribution in [3.8, 4) is 0 Å². The van der Waals surface area contributed by atoms with Gasteiger partial charge in [0.1, 0.15) is 0 Å². The zero-order valence-electron chi connectivity index (χ0n) is 17.3. The van der Waals surface area contributed by atoms with Gasteiger partial charge in [-0.25, -0.2) is 4.79 Å². The van der Waals surface area contributed by atoms with Crippen LogP contribution in [-0.2, 0) is 9.53 Å². The molecule has 5 rings (SSSR count). The van der Waals surface area contributed by atoms with E-state index in [2.05, 4.69) is 18.6 Å². The summed E-state index contributed by atoms with van der Waals surface area (Å²) in [5.41, 5.74) is 0.213. The van der Waals surface area contributed by atoms with Crippen LogP contribution < -0.4 is 0 Å². The lowest BCUT2D eigenvalue weighted by Gasteiger charge is -2.59. The molecule has 0 bridgehead atoms. The third-order valence-corrected chi connectivity index (χ3v) is 9.51. The molecular weight excluding hydrogens is 368 g/mol.